The molecule has 2 N–H and O–H groups in total. The second-order valence-corrected chi connectivity index (χ2v) is 7.13. The minimum Gasteiger partial charge on any atom is -0.329 e. The highest BCUT2D eigenvalue weighted by atomic mass is 32.2. The van der Waals surface area contributed by atoms with E-state index in [4.69, 9.17) is 5.73 Å². The average Bonchev–Trinajstić information content (AvgIpc) is 2.34. The van der Waals surface area contributed by atoms with Crippen LogP contribution in [0.5, 0.6) is 0 Å². The number of rotatable bonds is 4. The molecule has 108 valence electrons. The van der Waals surface area contributed by atoms with Gasteiger partial charge in [-0.2, -0.15) is 4.31 Å². The lowest BCUT2D eigenvalue weighted by Gasteiger charge is -2.26. The third kappa shape index (κ3) is 2.83. The first kappa shape index (κ1) is 16.1. The molecule has 5 heteroatoms. The first-order chi connectivity index (χ1) is 8.64. The summed E-state index contributed by atoms with van der Waals surface area (Å²) in [6.07, 6.45) is 0. The van der Waals surface area contributed by atoms with E-state index in [0.29, 0.717) is 11.4 Å². The van der Waals surface area contributed by atoms with Gasteiger partial charge in [0.15, 0.2) is 0 Å². The van der Waals surface area contributed by atoms with E-state index in [1.54, 1.807) is 7.05 Å². The smallest absolute Gasteiger partial charge is 0.243 e. The number of hydrogen-bond donors (Lipinski definition) is 1. The number of benzene rings is 1. The maximum Gasteiger partial charge on any atom is 0.243 e. The van der Waals surface area contributed by atoms with E-state index in [9.17, 15) is 8.42 Å². The van der Waals surface area contributed by atoms with Crippen LogP contribution in [0.2, 0.25) is 0 Å². The van der Waals surface area contributed by atoms with Gasteiger partial charge in [-0.15, -0.1) is 0 Å². The number of nitrogens with two attached hydrogens (primary N) is 1. The molecule has 0 saturated heterocycles. The van der Waals surface area contributed by atoms with Crippen LogP contribution in [-0.4, -0.2) is 32.4 Å². The molecule has 0 aliphatic heterocycles. The van der Waals surface area contributed by atoms with Crippen molar-refractivity contribution in [3.63, 3.8) is 0 Å². The van der Waals surface area contributed by atoms with E-state index in [0.717, 1.165) is 22.3 Å². The quantitative estimate of drug-likeness (QED) is 0.918. The van der Waals surface area contributed by atoms with E-state index in [-0.39, 0.29) is 6.04 Å². The van der Waals surface area contributed by atoms with E-state index in [1.807, 2.05) is 40.7 Å². The molecule has 1 aromatic rings. The number of likely N-dealkylation sites (N-methyl/N-ethyl adjacent to an activating group) is 1. The maximum absolute atomic E-state index is 12.7. The van der Waals surface area contributed by atoms with Gasteiger partial charge in [0.25, 0.3) is 0 Å². The Kier molecular flexibility index (Phi) is 4.76. The summed E-state index contributed by atoms with van der Waals surface area (Å²) in [6.45, 7) is 9.70. The van der Waals surface area contributed by atoms with Crippen molar-refractivity contribution < 1.29 is 8.42 Å². The third-order valence-electron chi connectivity index (χ3n) is 3.90. The van der Waals surface area contributed by atoms with Crippen LogP contribution in [0.3, 0.4) is 0 Å². The highest BCUT2D eigenvalue weighted by Crippen LogP contribution is 2.28. The van der Waals surface area contributed by atoms with Gasteiger partial charge in [0.2, 0.25) is 10.0 Å². The van der Waals surface area contributed by atoms with Gasteiger partial charge in [-0.3, -0.25) is 0 Å². The molecule has 0 spiro atoms. The molecule has 0 heterocycles. The predicted octanol–water partition coefficient (Wildman–Crippen LogP) is 1.89. The lowest BCUT2D eigenvalue weighted by molar-refractivity contribution is 0.394. The van der Waals surface area contributed by atoms with Gasteiger partial charge >= 0.3 is 0 Å². The lowest BCUT2D eigenvalue weighted by Crippen LogP contribution is -2.40. The summed E-state index contributed by atoms with van der Waals surface area (Å²) in [5.74, 6) is 0. The Morgan fingerprint density at radius 2 is 1.58 bits per heavy atom. The summed E-state index contributed by atoms with van der Waals surface area (Å²) in [7, 11) is -1.92. The van der Waals surface area contributed by atoms with Crippen molar-refractivity contribution in [1.29, 1.82) is 0 Å². The molecule has 1 unspecified atom stereocenters. The molecule has 1 atom stereocenters. The standard InChI is InChI=1S/C14H24N2O2S/c1-9-7-10(2)13(5)14(12(9)4)19(17,18)16(6)11(3)8-15/h7,11H,8,15H2,1-6H3. The van der Waals surface area contributed by atoms with Crippen LogP contribution in [0, 0.1) is 27.7 Å². The fourth-order valence-corrected chi connectivity index (χ4v) is 4.04. The van der Waals surface area contributed by atoms with Gasteiger partial charge in [0.1, 0.15) is 0 Å². The Hall–Kier alpha value is -0.910. The highest BCUT2D eigenvalue weighted by Gasteiger charge is 2.28. The Morgan fingerprint density at radius 1 is 1.16 bits per heavy atom. The molecule has 19 heavy (non-hydrogen) atoms. The Labute approximate surface area is 116 Å². The second-order valence-electron chi connectivity index (χ2n) is 5.20. The number of hydrogen-bond acceptors (Lipinski definition) is 3. The van der Waals surface area contributed by atoms with Crippen molar-refractivity contribution in [3.05, 3.63) is 28.3 Å². The fourth-order valence-electron chi connectivity index (χ4n) is 2.10. The van der Waals surface area contributed by atoms with Gasteiger partial charge in [-0.25, -0.2) is 8.42 Å². The Balaban J connectivity index is 3.54. The molecular formula is C14H24N2O2S. The molecule has 0 aromatic heterocycles. The molecule has 0 aliphatic rings. The second kappa shape index (κ2) is 5.61. The zero-order valence-corrected chi connectivity index (χ0v) is 13.4. The number of sulfonamides is 1. The predicted molar refractivity (Wildman–Crippen MR) is 78.9 cm³/mol. The van der Waals surface area contributed by atoms with Crippen molar-refractivity contribution in [2.24, 2.45) is 5.73 Å². The molecule has 0 radical (unpaired) electrons. The first-order valence-electron chi connectivity index (χ1n) is 6.40. The summed E-state index contributed by atoms with van der Waals surface area (Å²) in [5, 5.41) is 0. The zero-order valence-electron chi connectivity index (χ0n) is 12.6. The van der Waals surface area contributed by atoms with E-state index >= 15 is 0 Å². The molecule has 1 aromatic carbocycles. The number of aryl methyl sites for hydroxylation is 2. The minimum absolute atomic E-state index is 0.218. The van der Waals surface area contributed by atoms with Crippen LogP contribution in [0.15, 0.2) is 11.0 Å². The van der Waals surface area contributed by atoms with Crippen molar-refractivity contribution >= 4 is 10.0 Å². The maximum atomic E-state index is 12.7. The molecule has 0 aliphatic carbocycles. The molecule has 0 bridgehead atoms. The van der Waals surface area contributed by atoms with E-state index in [2.05, 4.69) is 0 Å². The van der Waals surface area contributed by atoms with Gasteiger partial charge < -0.3 is 5.73 Å². The molecule has 0 saturated carbocycles. The molecule has 1 rings (SSSR count). The Bertz CT molecular complexity index is 553. The molecular weight excluding hydrogens is 260 g/mol. The molecule has 4 nitrogen and oxygen atoms in total. The first-order valence-corrected chi connectivity index (χ1v) is 7.84. The fraction of sp³-hybridized carbons (Fsp3) is 0.571. The molecule has 0 fully saturated rings. The van der Waals surface area contributed by atoms with E-state index < -0.39 is 10.0 Å². The summed E-state index contributed by atoms with van der Waals surface area (Å²) >= 11 is 0. The monoisotopic (exact) mass is 284 g/mol. The van der Waals surface area contributed by atoms with Crippen LogP contribution < -0.4 is 5.73 Å². The normalized spacial score (nSPS) is 13.9. The largest absolute Gasteiger partial charge is 0.329 e. The third-order valence-corrected chi connectivity index (χ3v) is 6.14. The van der Waals surface area contributed by atoms with Crippen LogP contribution in [-0.2, 0) is 10.0 Å². The van der Waals surface area contributed by atoms with Crippen LogP contribution in [0.1, 0.15) is 29.2 Å². The SMILES string of the molecule is Cc1cc(C)c(C)c(S(=O)(=O)N(C)C(C)CN)c1C. The number of nitrogens with zero attached hydrogens (tertiary/aromatic N) is 1. The van der Waals surface area contributed by atoms with Crippen molar-refractivity contribution in [1.82, 2.24) is 4.31 Å². The summed E-state index contributed by atoms with van der Waals surface area (Å²) in [6, 6.07) is 1.81. The van der Waals surface area contributed by atoms with Crippen LogP contribution >= 0.6 is 0 Å². The van der Waals surface area contributed by atoms with Crippen LogP contribution in [0.25, 0.3) is 0 Å². The van der Waals surface area contributed by atoms with Crippen LogP contribution in [0.4, 0.5) is 0 Å². The van der Waals surface area contributed by atoms with Gasteiger partial charge in [-0.05, 0) is 56.9 Å². The summed E-state index contributed by atoms with van der Waals surface area (Å²) in [4.78, 5) is 0.424. The Morgan fingerprint density at radius 3 is 1.95 bits per heavy atom. The van der Waals surface area contributed by atoms with Crippen molar-refractivity contribution in [2.75, 3.05) is 13.6 Å². The van der Waals surface area contributed by atoms with E-state index in [1.165, 1.54) is 4.31 Å². The van der Waals surface area contributed by atoms with Gasteiger partial charge in [-0.1, -0.05) is 6.07 Å². The van der Waals surface area contributed by atoms with Crippen molar-refractivity contribution in [3.8, 4) is 0 Å². The minimum atomic E-state index is -3.50. The average molecular weight is 284 g/mol. The summed E-state index contributed by atoms with van der Waals surface area (Å²) in [5.41, 5.74) is 9.21. The van der Waals surface area contributed by atoms with Crippen molar-refractivity contribution in [2.45, 2.75) is 45.6 Å². The van der Waals surface area contributed by atoms with Gasteiger partial charge in [0, 0.05) is 19.6 Å². The molecule has 0 amide bonds. The zero-order chi connectivity index (χ0) is 15.0. The lowest BCUT2D eigenvalue weighted by atomic mass is 10.0. The summed E-state index contributed by atoms with van der Waals surface area (Å²) < 4.78 is 26.9. The topological polar surface area (TPSA) is 63.4 Å². The highest BCUT2D eigenvalue weighted by molar-refractivity contribution is 7.89. The van der Waals surface area contributed by atoms with Gasteiger partial charge in [0.05, 0.1) is 4.90 Å².